The first-order valence-electron chi connectivity index (χ1n) is 9.72. The molecule has 1 amide bonds. The smallest absolute Gasteiger partial charge is 0.244 e. The Morgan fingerprint density at radius 3 is 2.50 bits per heavy atom. The molecule has 1 N–H and O–H groups in total. The molecule has 2 aliphatic rings. The number of carbonyl (C=O) groups is 1. The fourth-order valence-electron chi connectivity index (χ4n) is 3.99. The van der Waals surface area contributed by atoms with Gasteiger partial charge in [0.15, 0.2) is 0 Å². The van der Waals surface area contributed by atoms with Crippen LogP contribution >= 0.6 is 0 Å². The van der Waals surface area contributed by atoms with Crippen LogP contribution in [0, 0.1) is 11.8 Å². The van der Waals surface area contributed by atoms with Crippen molar-refractivity contribution in [3.63, 3.8) is 0 Å². The van der Waals surface area contributed by atoms with Crippen molar-refractivity contribution in [2.45, 2.75) is 56.3 Å². The molecule has 0 bridgehead atoms. The minimum absolute atomic E-state index is 0.155. The van der Waals surface area contributed by atoms with Crippen LogP contribution in [0.15, 0.2) is 29.4 Å². The average molecular weight is 380 g/mol. The SMILES string of the molecule is O=C(CC1CCCCC1)NCC1CCN(S(=O)(=O)c2cccnc2)CC1. The minimum Gasteiger partial charge on any atom is -0.356 e. The van der Waals surface area contributed by atoms with Crippen LogP contribution in [0.25, 0.3) is 0 Å². The molecule has 0 atom stereocenters. The third kappa shape index (κ3) is 5.04. The fraction of sp³-hybridized carbons (Fsp3) is 0.684. The lowest BCUT2D eigenvalue weighted by atomic mass is 9.87. The van der Waals surface area contributed by atoms with E-state index in [1.54, 1.807) is 18.3 Å². The van der Waals surface area contributed by atoms with E-state index in [1.807, 2.05) is 0 Å². The van der Waals surface area contributed by atoms with Gasteiger partial charge in [-0.05, 0) is 49.7 Å². The van der Waals surface area contributed by atoms with Crippen LogP contribution in [0.2, 0.25) is 0 Å². The number of piperidine rings is 1. The molecule has 2 fully saturated rings. The highest BCUT2D eigenvalue weighted by atomic mass is 32.2. The molecular weight excluding hydrogens is 350 g/mol. The number of carbonyl (C=O) groups excluding carboxylic acids is 1. The van der Waals surface area contributed by atoms with Crippen LogP contribution in [0.1, 0.15) is 51.4 Å². The number of hydrogen-bond acceptors (Lipinski definition) is 4. The number of nitrogens with one attached hydrogen (secondary N) is 1. The second kappa shape index (κ2) is 8.95. The van der Waals surface area contributed by atoms with E-state index < -0.39 is 10.0 Å². The number of sulfonamides is 1. The van der Waals surface area contributed by atoms with Crippen LogP contribution in [-0.4, -0.2) is 43.2 Å². The van der Waals surface area contributed by atoms with Crippen molar-refractivity contribution in [2.75, 3.05) is 19.6 Å². The average Bonchev–Trinajstić information content (AvgIpc) is 2.68. The van der Waals surface area contributed by atoms with Gasteiger partial charge in [0, 0.05) is 38.4 Å². The van der Waals surface area contributed by atoms with Crippen molar-refractivity contribution < 1.29 is 13.2 Å². The molecule has 2 heterocycles. The summed E-state index contributed by atoms with van der Waals surface area (Å²) in [5, 5.41) is 3.07. The second-order valence-corrected chi connectivity index (χ2v) is 9.49. The zero-order chi connectivity index (χ0) is 18.4. The van der Waals surface area contributed by atoms with Gasteiger partial charge in [-0.2, -0.15) is 4.31 Å². The summed E-state index contributed by atoms with van der Waals surface area (Å²) in [6.07, 6.45) is 11.3. The van der Waals surface area contributed by atoms with E-state index in [9.17, 15) is 13.2 Å². The molecule has 1 aromatic heterocycles. The molecule has 0 spiro atoms. The predicted octanol–water partition coefficient (Wildman–Crippen LogP) is 2.57. The Kier molecular flexibility index (Phi) is 6.64. The number of pyridine rings is 1. The number of aromatic nitrogens is 1. The van der Waals surface area contributed by atoms with Gasteiger partial charge in [0.05, 0.1) is 0 Å². The third-order valence-electron chi connectivity index (χ3n) is 5.63. The monoisotopic (exact) mass is 379 g/mol. The van der Waals surface area contributed by atoms with Crippen LogP contribution < -0.4 is 5.32 Å². The molecular formula is C19H29N3O3S. The number of nitrogens with zero attached hydrogens (tertiary/aromatic N) is 2. The molecule has 7 heteroatoms. The first kappa shape index (κ1) is 19.3. The van der Waals surface area contributed by atoms with E-state index in [-0.39, 0.29) is 10.8 Å². The summed E-state index contributed by atoms with van der Waals surface area (Å²) in [5.41, 5.74) is 0. The van der Waals surface area contributed by atoms with Crippen molar-refractivity contribution >= 4 is 15.9 Å². The maximum absolute atomic E-state index is 12.6. The lowest BCUT2D eigenvalue weighted by Gasteiger charge is -2.31. The quantitative estimate of drug-likeness (QED) is 0.824. The summed E-state index contributed by atoms with van der Waals surface area (Å²) < 4.78 is 26.7. The Morgan fingerprint density at radius 2 is 1.85 bits per heavy atom. The maximum Gasteiger partial charge on any atom is 0.244 e. The van der Waals surface area contributed by atoms with Crippen molar-refractivity contribution in [1.82, 2.24) is 14.6 Å². The van der Waals surface area contributed by atoms with Gasteiger partial charge in [0.1, 0.15) is 4.90 Å². The maximum atomic E-state index is 12.6. The first-order chi connectivity index (χ1) is 12.6. The molecule has 26 heavy (non-hydrogen) atoms. The van der Waals surface area contributed by atoms with Crippen molar-refractivity contribution in [3.8, 4) is 0 Å². The van der Waals surface area contributed by atoms with Gasteiger partial charge in [-0.25, -0.2) is 8.42 Å². The van der Waals surface area contributed by atoms with Gasteiger partial charge in [0.2, 0.25) is 15.9 Å². The van der Waals surface area contributed by atoms with Crippen LogP contribution in [-0.2, 0) is 14.8 Å². The standard InChI is InChI=1S/C19H29N3O3S/c23-19(13-16-5-2-1-3-6-16)21-14-17-8-11-22(12-9-17)26(24,25)18-7-4-10-20-15-18/h4,7,10,15-17H,1-3,5-6,8-9,11-14H2,(H,21,23). The van der Waals surface area contributed by atoms with Gasteiger partial charge in [-0.1, -0.05) is 19.3 Å². The molecule has 1 saturated heterocycles. The molecule has 1 aliphatic carbocycles. The number of hydrogen-bond donors (Lipinski definition) is 1. The predicted molar refractivity (Wildman–Crippen MR) is 99.9 cm³/mol. The van der Waals surface area contributed by atoms with Gasteiger partial charge in [-0.3, -0.25) is 9.78 Å². The summed E-state index contributed by atoms with van der Waals surface area (Å²) >= 11 is 0. The second-order valence-electron chi connectivity index (χ2n) is 7.55. The summed E-state index contributed by atoms with van der Waals surface area (Å²) in [4.78, 5) is 16.3. The molecule has 1 aromatic rings. The van der Waals surface area contributed by atoms with E-state index in [2.05, 4.69) is 10.3 Å². The Hall–Kier alpha value is -1.47. The molecule has 1 aliphatic heterocycles. The van der Waals surface area contributed by atoms with Crippen molar-refractivity contribution in [2.24, 2.45) is 11.8 Å². The Bertz CT molecular complexity index is 679. The third-order valence-corrected chi connectivity index (χ3v) is 7.51. The topological polar surface area (TPSA) is 79.4 Å². The largest absolute Gasteiger partial charge is 0.356 e. The minimum atomic E-state index is -3.45. The van der Waals surface area contributed by atoms with Crippen LogP contribution in [0.4, 0.5) is 0 Å². The fourth-order valence-corrected chi connectivity index (χ4v) is 5.42. The summed E-state index contributed by atoms with van der Waals surface area (Å²) in [6.45, 7) is 1.66. The highest BCUT2D eigenvalue weighted by Crippen LogP contribution is 2.26. The molecule has 144 valence electrons. The lowest BCUT2D eigenvalue weighted by molar-refractivity contribution is -0.122. The molecule has 6 nitrogen and oxygen atoms in total. The zero-order valence-electron chi connectivity index (χ0n) is 15.3. The summed E-state index contributed by atoms with van der Waals surface area (Å²) in [6, 6.07) is 3.22. The Labute approximate surface area is 156 Å². The van der Waals surface area contributed by atoms with Gasteiger partial charge < -0.3 is 5.32 Å². The molecule has 1 saturated carbocycles. The van der Waals surface area contributed by atoms with Gasteiger partial charge in [0.25, 0.3) is 0 Å². The highest BCUT2D eigenvalue weighted by molar-refractivity contribution is 7.89. The first-order valence-corrected chi connectivity index (χ1v) is 11.2. The lowest BCUT2D eigenvalue weighted by Crippen LogP contribution is -2.41. The molecule has 0 radical (unpaired) electrons. The summed E-state index contributed by atoms with van der Waals surface area (Å²) in [5.74, 6) is 1.06. The van der Waals surface area contributed by atoms with E-state index in [0.29, 0.717) is 37.9 Å². The van der Waals surface area contributed by atoms with Gasteiger partial charge >= 0.3 is 0 Å². The molecule has 3 rings (SSSR count). The highest BCUT2D eigenvalue weighted by Gasteiger charge is 2.29. The van der Waals surface area contributed by atoms with E-state index >= 15 is 0 Å². The molecule has 0 unspecified atom stereocenters. The van der Waals surface area contributed by atoms with Gasteiger partial charge in [-0.15, -0.1) is 0 Å². The summed E-state index contributed by atoms with van der Waals surface area (Å²) in [7, 11) is -3.45. The van der Waals surface area contributed by atoms with Crippen molar-refractivity contribution in [3.05, 3.63) is 24.5 Å². The Morgan fingerprint density at radius 1 is 1.12 bits per heavy atom. The number of amides is 1. The molecule has 0 aromatic carbocycles. The van der Waals surface area contributed by atoms with Crippen LogP contribution in [0.5, 0.6) is 0 Å². The van der Waals surface area contributed by atoms with E-state index in [4.69, 9.17) is 0 Å². The van der Waals surface area contributed by atoms with Crippen molar-refractivity contribution in [1.29, 1.82) is 0 Å². The Balaban J connectivity index is 1.42. The normalized spacial score (nSPS) is 20.8. The zero-order valence-corrected chi connectivity index (χ0v) is 16.1. The number of rotatable bonds is 6. The van der Waals surface area contributed by atoms with E-state index in [1.165, 1.54) is 42.6 Å². The van der Waals surface area contributed by atoms with E-state index in [0.717, 1.165) is 12.8 Å². The van der Waals surface area contributed by atoms with Crippen LogP contribution in [0.3, 0.4) is 0 Å².